The molecule has 3 amide bonds. The number of benzene rings is 1. The molecule has 0 spiro atoms. The molecule has 22 heteroatoms. The van der Waals surface area contributed by atoms with Gasteiger partial charge in [0.2, 0.25) is 17.7 Å². The van der Waals surface area contributed by atoms with Crippen LogP contribution in [0.15, 0.2) is 24.3 Å². The number of aliphatic hydroxyl groups is 8. The SMILES string of the molecule is CC(=O)N(C(C)=O)[C@H]1[C@H](O[C@H]2[C@H](O)[C@@H](N(C(C)=O)c3ccc([N+](=O)[O-])cc3)C(O)O[C@@H]2CO)O[C@H](CO)[C@@H](O[C@@H]2O[C@H](CO)[C@@H](O)[C@H](O)[C@H]2N)[C@@H]1O. The van der Waals surface area contributed by atoms with Crippen molar-refractivity contribution in [2.45, 2.75) is 113 Å². The zero-order chi connectivity index (χ0) is 38.8. The van der Waals surface area contributed by atoms with Crippen LogP contribution >= 0.6 is 0 Å². The van der Waals surface area contributed by atoms with Crippen LogP contribution in [-0.4, -0.2) is 180 Å². The summed E-state index contributed by atoms with van der Waals surface area (Å²) in [6.07, 6.45) is -20.9. The molecule has 52 heavy (non-hydrogen) atoms. The number of carbonyl (C=O) groups excluding carboxylic acids is 3. The maximum Gasteiger partial charge on any atom is 0.269 e. The van der Waals surface area contributed by atoms with Crippen LogP contribution in [0, 0.1) is 10.1 Å². The molecule has 0 radical (unpaired) electrons. The molecular weight excluding hydrogens is 704 g/mol. The number of nitrogens with zero attached hydrogens (tertiary/aromatic N) is 3. The number of hydrogen-bond donors (Lipinski definition) is 9. The highest BCUT2D eigenvalue weighted by atomic mass is 16.7. The van der Waals surface area contributed by atoms with Gasteiger partial charge in [-0.05, 0) is 12.1 Å². The first-order valence-corrected chi connectivity index (χ1v) is 16.1. The highest BCUT2D eigenvalue weighted by Gasteiger charge is 2.56. The van der Waals surface area contributed by atoms with Crippen molar-refractivity contribution in [3.63, 3.8) is 0 Å². The van der Waals surface area contributed by atoms with Crippen molar-refractivity contribution >= 4 is 29.1 Å². The second-order valence-corrected chi connectivity index (χ2v) is 12.5. The number of ether oxygens (including phenoxy) is 5. The number of nitro benzene ring substituents is 1. The van der Waals surface area contributed by atoms with Crippen LogP contribution in [0.3, 0.4) is 0 Å². The normalized spacial score (nSPS) is 38.0. The lowest BCUT2D eigenvalue weighted by Gasteiger charge is -2.51. The van der Waals surface area contributed by atoms with Crippen LogP contribution in [0.25, 0.3) is 0 Å². The number of nitrogens with two attached hydrogens (primary N) is 1. The first-order valence-electron chi connectivity index (χ1n) is 16.1. The molecule has 0 aliphatic carbocycles. The Hall–Kier alpha value is -3.33. The number of rotatable bonds is 11. The smallest absolute Gasteiger partial charge is 0.269 e. The molecule has 3 aliphatic rings. The van der Waals surface area contributed by atoms with Crippen LogP contribution in [0.5, 0.6) is 0 Å². The Kier molecular flexibility index (Phi) is 13.7. The highest BCUT2D eigenvalue weighted by Crippen LogP contribution is 2.36. The molecule has 0 aromatic heterocycles. The molecule has 1 aromatic carbocycles. The van der Waals surface area contributed by atoms with Gasteiger partial charge in [0, 0.05) is 38.6 Å². The summed E-state index contributed by atoms with van der Waals surface area (Å²) in [6.45, 7) is 0.381. The van der Waals surface area contributed by atoms with Crippen LogP contribution < -0.4 is 10.6 Å². The monoisotopic (exact) mass is 748 g/mol. The molecule has 0 bridgehead atoms. The van der Waals surface area contributed by atoms with E-state index >= 15 is 0 Å². The summed E-state index contributed by atoms with van der Waals surface area (Å²) >= 11 is 0. The summed E-state index contributed by atoms with van der Waals surface area (Å²) in [5, 5.41) is 96.2. The largest absolute Gasteiger partial charge is 0.394 e. The van der Waals surface area contributed by atoms with Crippen LogP contribution in [0.1, 0.15) is 20.8 Å². The summed E-state index contributed by atoms with van der Waals surface area (Å²) < 4.78 is 28.7. The van der Waals surface area contributed by atoms with Crippen molar-refractivity contribution in [2.75, 3.05) is 24.7 Å². The maximum absolute atomic E-state index is 12.9. The third-order valence-electron chi connectivity index (χ3n) is 9.12. The van der Waals surface area contributed by atoms with Gasteiger partial charge in [0.1, 0.15) is 67.0 Å². The lowest BCUT2D eigenvalue weighted by atomic mass is 9.92. The topological polar surface area (TPSA) is 335 Å². The first-order chi connectivity index (χ1) is 24.5. The van der Waals surface area contributed by atoms with E-state index in [-0.39, 0.29) is 11.4 Å². The van der Waals surface area contributed by atoms with Crippen LogP contribution in [0.2, 0.25) is 0 Å². The summed E-state index contributed by atoms with van der Waals surface area (Å²) in [6, 6.07) is -0.520. The van der Waals surface area contributed by atoms with Crippen molar-refractivity contribution < 1.29 is 83.8 Å². The van der Waals surface area contributed by atoms with Gasteiger partial charge in [-0.1, -0.05) is 0 Å². The van der Waals surface area contributed by atoms with E-state index in [0.717, 1.165) is 37.8 Å². The van der Waals surface area contributed by atoms with Gasteiger partial charge in [0.25, 0.3) is 5.69 Å². The maximum atomic E-state index is 12.9. The first kappa shape index (κ1) is 41.4. The van der Waals surface area contributed by atoms with E-state index in [4.69, 9.17) is 29.4 Å². The average molecular weight is 749 g/mol. The lowest BCUT2D eigenvalue weighted by Crippen LogP contribution is -2.71. The number of anilines is 1. The predicted octanol–water partition coefficient (Wildman–Crippen LogP) is -5.23. The van der Waals surface area contributed by atoms with E-state index in [1.807, 2.05) is 0 Å². The molecule has 1 unspecified atom stereocenters. The van der Waals surface area contributed by atoms with E-state index in [0.29, 0.717) is 4.90 Å². The summed E-state index contributed by atoms with van der Waals surface area (Å²) in [7, 11) is 0. The predicted molar refractivity (Wildman–Crippen MR) is 168 cm³/mol. The van der Waals surface area contributed by atoms with Gasteiger partial charge in [0.05, 0.1) is 30.8 Å². The molecule has 3 heterocycles. The fourth-order valence-electron chi connectivity index (χ4n) is 6.60. The zero-order valence-corrected chi connectivity index (χ0v) is 28.2. The Morgan fingerprint density at radius 2 is 1.21 bits per heavy atom. The zero-order valence-electron chi connectivity index (χ0n) is 28.2. The number of non-ortho nitro benzene ring substituents is 1. The van der Waals surface area contributed by atoms with E-state index in [2.05, 4.69) is 0 Å². The van der Waals surface area contributed by atoms with Gasteiger partial charge in [0.15, 0.2) is 18.9 Å². The minimum atomic E-state index is -2.01. The van der Waals surface area contributed by atoms with Gasteiger partial charge in [-0.15, -0.1) is 0 Å². The average Bonchev–Trinajstić information content (AvgIpc) is 3.09. The van der Waals surface area contributed by atoms with E-state index in [1.54, 1.807) is 0 Å². The molecule has 3 fully saturated rings. The lowest BCUT2D eigenvalue weighted by molar-refractivity contribution is -0.384. The second-order valence-electron chi connectivity index (χ2n) is 12.5. The third-order valence-corrected chi connectivity index (χ3v) is 9.12. The molecule has 3 aliphatic heterocycles. The number of nitro groups is 1. The molecule has 292 valence electrons. The Morgan fingerprint density at radius 1 is 0.731 bits per heavy atom. The van der Waals surface area contributed by atoms with Crippen molar-refractivity contribution in [1.82, 2.24) is 4.90 Å². The highest BCUT2D eigenvalue weighted by molar-refractivity contribution is 5.93. The number of aliphatic hydroxyl groups excluding tert-OH is 8. The van der Waals surface area contributed by atoms with Gasteiger partial charge < -0.3 is 75.2 Å². The number of carbonyl (C=O) groups is 3. The van der Waals surface area contributed by atoms with Crippen molar-refractivity contribution in [3.05, 3.63) is 34.4 Å². The van der Waals surface area contributed by atoms with Crippen molar-refractivity contribution in [2.24, 2.45) is 5.73 Å². The van der Waals surface area contributed by atoms with Crippen molar-refractivity contribution in [1.29, 1.82) is 0 Å². The molecule has 22 nitrogen and oxygen atoms in total. The van der Waals surface area contributed by atoms with Gasteiger partial charge in [-0.25, -0.2) is 0 Å². The third kappa shape index (κ3) is 8.24. The number of hydrogen-bond acceptors (Lipinski definition) is 19. The number of amides is 3. The molecule has 10 N–H and O–H groups in total. The molecule has 3 saturated heterocycles. The molecule has 0 saturated carbocycles. The Balaban J connectivity index is 1.71. The van der Waals surface area contributed by atoms with Crippen molar-refractivity contribution in [3.8, 4) is 0 Å². The standard InChI is InChI=1S/C30H44N4O18/c1-11(38)32(12(2)39)21-25(44)27(51-29-19(31)23(42)22(41)16(8-35)49-29)18(10-37)50-30(21)52-26-17(9-36)48-28(45)20(24(26)43)33(13(3)40)14-4-6-15(7-5-14)34(46)47/h4-7,16-30,35-37,41-45H,8-10,31H2,1-3H3/t16-,17-,18-,19-,20-,21-,22-,23-,24-,25-,26-,27-,28?,29+,30+/m1/s1. The number of imide groups is 1. The molecule has 4 rings (SSSR count). The molecular formula is C30H44N4O18. The Bertz CT molecular complexity index is 1410. The van der Waals surface area contributed by atoms with Crippen LogP contribution in [0.4, 0.5) is 11.4 Å². The minimum Gasteiger partial charge on any atom is -0.394 e. The van der Waals surface area contributed by atoms with Gasteiger partial charge in [-0.2, -0.15) is 0 Å². The molecule has 15 atom stereocenters. The van der Waals surface area contributed by atoms with Gasteiger partial charge in [-0.3, -0.25) is 29.4 Å². The summed E-state index contributed by atoms with van der Waals surface area (Å²) in [4.78, 5) is 50.4. The minimum absolute atomic E-state index is 0.0166. The van der Waals surface area contributed by atoms with Gasteiger partial charge >= 0.3 is 0 Å². The Morgan fingerprint density at radius 3 is 1.69 bits per heavy atom. The fraction of sp³-hybridized carbons (Fsp3) is 0.700. The quantitative estimate of drug-likeness (QED) is 0.0754. The summed E-state index contributed by atoms with van der Waals surface area (Å²) in [5.74, 6) is -2.64. The van der Waals surface area contributed by atoms with E-state index in [1.165, 1.54) is 12.1 Å². The fourth-order valence-corrected chi connectivity index (χ4v) is 6.60. The van der Waals surface area contributed by atoms with Crippen LogP contribution in [-0.2, 0) is 38.1 Å². The van der Waals surface area contributed by atoms with E-state index < -0.39 is 134 Å². The Labute approximate surface area is 295 Å². The second kappa shape index (κ2) is 17.2. The molecule has 1 aromatic rings. The van der Waals surface area contributed by atoms with E-state index in [9.17, 15) is 65.4 Å². The summed E-state index contributed by atoms with van der Waals surface area (Å²) in [5.41, 5.74) is 5.64.